The summed E-state index contributed by atoms with van der Waals surface area (Å²) in [4.78, 5) is 0. The molecule has 1 atom stereocenters. The molecule has 0 bridgehead atoms. The summed E-state index contributed by atoms with van der Waals surface area (Å²) in [5.41, 5.74) is 3.77. The van der Waals surface area contributed by atoms with Gasteiger partial charge in [0.15, 0.2) is 0 Å². The quantitative estimate of drug-likeness (QED) is 0.619. The van der Waals surface area contributed by atoms with E-state index in [0.29, 0.717) is 12.8 Å². The highest BCUT2D eigenvalue weighted by atomic mass is 79.9. The summed E-state index contributed by atoms with van der Waals surface area (Å²) in [5, 5.41) is 0. The molecule has 3 N–H and O–H groups in total. The Bertz CT molecular complexity index is 462. The minimum absolute atomic E-state index is 0.0349. The van der Waals surface area contributed by atoms with Gasteiger partial charge in [-0.3, -0.25) is 11.3 Å². The maximum absolute atomic E-state index is 11.0. The summed E-state index contributed by atoms with van der Waals surface area (Å²) in [7, 11) is -2.90. The van der Waals surface area contributed by atoms with E-state index in [4.69, 9.17) is 5.84 Å². The van der Waals surface area contributed by atoms with Crippen LogP contribution in [0.2, 0.25) is 0 Å². The molecule has 1 rings (SSSR count). The fraction of sp³-hybridized carbons (Fsp3) is 0.455. The first-order chi connectivity index (χ1) is 7.94. The molecule has 0 amide bonds. The number of nitrogens with one attached hydrogen (secondary N) is 1. The highest BCUT2D eigenvalue weighted by Crippen LogP contribution is 2.25. The summed E-state index contributed by atoms with van der Waals surface area (Å²) in [6.07, 6.45) is 2.53. The lowest BCUT2D eigenvalue weighted by Crippen LogP contribution is -2.28. The van der Waals surface area contributed by atoms with Crippen LogP contribution in [0.25, 0.3) is 0 Å². The Hall–Kier alpha value is -0.430. The number of hydrogen-bond donors (Lipinski definition) is 2. The number of rotatable bonds is 6. The maximum atomic E-state index is 11.0. The van der Waals surface area contributed by atoms with Gasteiger partial charge in [-0.15, -0.1) is 0 Å². The molecule has 1 aromatic carbocycles. The minimum Gasteiger partial charge on any atom is -0.271 e. The van der Waals surface area contributed by atoms with Crippen LogP contribution < -0.4 is 11.3 Å². The number of benzene rings is 1. The van der Waals surface area contributed by atoms with Crippen LogP contribution >= 0.6 is 15.9 Å². The van der Waals surface area contributed by atoms with Crippen molar-refractivity contribution in [2.24, 2.45) is 5.84 Å². The number of hydrazine groups is 1. The molecule has 0 aromatic heterocycles. The van der Waals surface area contributed by atoms with Crippen LogP contribution in [-0.4, -0.2) is 20.4 Å². The van der Waals surface area contributed by atoms with E-state index in [0.717, 1.165) is 10.0 Å². The highest BCUT2D eigenvalue weighted by molar-refractivity contribution is 9.10. The minimum atomic E-state index is -2.90. The zero-order valence-corrected chi connectivity index (χ0v) is 12.1. The highest BCUT2D eigenvalue weighted by Gasteiger charge is 2.13. The van der Waals surface area contributed by atoms with Gasteiger partial charge in [0.1, 0.15) is 9.84 Å². The van der Waals surface area contributed by atoms with Gasteiger partial charge in [0, 0.05) is 22.5 Å². The molecule has 1 aromatic rings. The van der Waals surface area contributed by atoms with Gasteiger partial charge < -0.3 is 0 Å². The lowest BCUT2D eigenvalue weighted by molar-refractivity contribution is 0.506. The predicted molar refractivity (Wildman–Crippen MR) is 73.2 cm³/mol. The van der Waals surface area contributed by atoms with Crippen molar-refractivity contribution in [1.29, 1.82) is 0 Å². The third-order valence-electron chi connectivity index (χ3n) is 2.49. The van der Waals surface area contributed by atoms with E-state index in [9.17, 15) is 8.42 Å². The maximum Gasteiger partial charge on any atom is 0.147 e. The summed E-state index contributed by atoms with van der Waals surface area (Å²) in [6, 6.07) is 7.73. The van der Waals surface area contributed by atoms with E-state index in [1.54, 1.807) is 0 Å². The zero-order chi connectivity index (χ0) is 12.9. The van der Waals surface area contributed by atoms with Crippen molar-refractivity contribution >= 4 is 25.8 Å². The largest absolute Gasteiger partial charge is 0.271 e. The molecule has 0 aliphatic rings. The summed E-state index contributed by atoms with van der Waals surface area (Å²) >= 11 is 3.46. The van der Waals surface area contributed by atoms with E-state index in [1.165, 1.54) is 6.26 Å². The van der Waals surface area contributed by atoms with E-state index >= 15 is 0 Å². The normalized spacial score (nSPS) is 13.6. The van der Waals surface area contributed by atoms with Crippen LogP contribution in [0.3, 0.4) is 0 Å². The van der Waals surface area contributed by atoms with Crippen molar-refractivity contribution in [1.82, 2.24) is 5.43 Å². The van der Waals surface area contributed by atoms with Crippen LogP contribution in [0.15, 0.2) is 28.7 Å². The van der Waals surface area contributed by atoms with Crippen molar-refractivity contribution in [3.8, 4) is 0 Å². The average Bonchev–Trinajstić information content (AvgIpc) is 2.24. The topological polar surface area (TPSA) is 72.2 Å². The SMILES string of the molecule is CS(=O)(=O)CCCC(NN)c1ccccc1Br. The van der Waals surface area contributed by atoms with Gasteiger partial charge in [0.05, 0.1) is 0 Å². The zero-order valence-electron chi connectivity index (χ0n) is 9.69. The van der Waals surface area contributed by atoms with Gasteiger partial charge in [-0.25, -0.2) is 8.42 Å². The number of hydrogen-bond acceptors (Lipinski definition) is 4. The van der Waals surface area contributed by atoms with E-state index in [1.807, 2.05) is 24.3 Å². The van der Waals surface area contributed by atoms with Crippen LogP contribution in [-0.2, 0) is 9.84 Å². The Balaban J connectivity index is 2.64. The number of sulfone groups is 1. The average molecular weight is 321 g/mol. The van der Waals surface area contributed by atoms with E-state index < -0.39 is 9.84 Å². The molecule has 0 saturated heterocycles. The molecule has 6 heteroatoms. The fourth-order valence-electron chi connectivity index (χ4n) is 1.64. The second-order valence-corrected chi connectivity index (χ2v) is 7.13. The van der Waals surface area contributed by atoms with Crippen molar-refractivity contribution in [3.05, 3.63) is 34.3 Å². The monoisotopic (exact) mass is 320 g/mol. The van der Waals surface area contributed by atoms with Crippen molar-refractivity contribution < 1.29 is 8.42 Å². The van der Waals surface area contributed by atoms with E-state index in [2.05, 4.69) is 21.4 Å². The molecule has 0 spiro atoms. The molecule has 0 aliphatic carbocycles. The standard InChI is InChI=1S/C11H17BrN2O2S/c1-17(15,16)8-4-7-11(14-13)9-5-2-3-6-10(9)12/h2-3,5-6,11,14H,4,7-8,13H2,1H3. The summed E-state index contributed by atoms with van der Waals surface area (Å²) in [6.45, 7) is 0. The van der Waals surface area contributed by atoms with Crippen LogP contribution in [0.1, 0.15) is 24.4 Å². The molecule has 17 heavy (non-hydrogen) atoms. The molecular weight excluding hydrogens is 304 g/mol. The lowest BCUT2D eigenvalue weighted by Gasteiger charge is -2.17. The molecule has 0 radical (unpaired) electrons. The molecule has 0 heterocycles. The van der Waals surface area contributed by atoms with Crippen molar-refractivity contribution in [2.75, 3.05) is 12.0 Å². The van der Waals surface area contributed by atoms with Crippen LogP contribution in [0, 0.1) is 0 Å². The molecule has 4 nitrogen and oxygen atoms in total. The van der Waals surface area contributed by atoms with Crippen molar-refractivity contribution in [3.63, 3.8) is 0 Å². The number of nitrogens with two attached hydrogens (primary N) is 1. The molecular formula is C11H17BrN2O2S. The first-order valence-corrected chi connectivity index (χ1v) is 8.17. The summed E-state index contributed by atoms with van der Waals surface area (Å²) < 4.78 is 23.1. The van der Waals surface area contributed by atoms with E-state index in [-0.39, 0.29) is 11.8 Å². The molecule has 0 saturated carbocycles. The molecule has 0 fully saturated rings. The molecule has 96 valence electrons. The smallest absolute Gasteiger partial charge is 0.147 e. The van der Waals surface area contributed by atoms with Gasteiger partial charge in [-0.1, -0.05) is 34.1 Å². The predicted octanol–water partition coefficient (Wildman–Crippen LogP) is 1.78. The third kappa shape index (κ3) is 5.16. The van der Waals surface area contributed by atoms with Crippen molar-refractivity contribution in [2.45, 2.75) is 18.9 Å². The Labute approximate surface area is 111 Å². The Morgan fingerprint density at radius 1 is 1.41 bits per heavy atom. The van der Waals surface area contributed by atoms with Crippen LogP contribution in [0.5, 0.6) is 0 Å². The van der Waals surface area contributed by atoms with Gasteiger partial charge in [0.25, 0.3) is 0 Å². The molecule has 1 unspecified atom stereocenters. The molecule has 0 aliphatic heterocycles. The van der Waals surface area contributed by atoms with Gasteiger partial charge in [-0.2, -0.15) is 0 Å². The Morgan fingerprint density at radius 3 is 2.59 bits per heavy atom. The summed E-state index contributed by atoms with van der Waals surface area (Å²) in [5.74, 6) is 5.69. The van der Waals surface area contributed by atoms with Crippen LogP contribution in [0.4, 0.5) is 0 Å². The first-order valence-electron chi connectivity index (χ1n) is 5.32. The Morgan fingerprint density at radius 2 is 2.06 bits per heavy atom. The third-order valence-corrected chi connectivity index (χ3v) is 4.24. The van der Waals surface area contributed by atoms with Gasteiger partial charge in [0.2, 0.25) is 0 Å². The first kappa shape index (κ1) is 14.6. The second kappa shape index (κ2) is 6.49. The lowest BCUT2D eigenvalue weighted by atomic mass is 10.0. The van der Waals surface area contributed by atoms with Gasteiger partial charge in [-0.05, 0) is 24.5 Å². The second-order valence-electron chi connectivity index (χ2n) is 4.01. The Kier molecular flexibility index (Phi) is 5.58. The fourth-order valence-corrected chi connectivity index (χ4v) is 2.89. The van der Waals surface area contributed by atoms with Gasteiger partial charge >= 0.3 is 0 Å². The number of halogens is 1.